The largest absolute Gasteiger partial charge is 0.462 e. The number of carbonyl (C=O) groups excluding carboxylic acids is 1. The summed E-state index contributed by atoms with van der Waals surface area (Å²) >= 11 is 0. The summed E-state index contributed by atoms with van der Waals surface area (Å²) < 4.78 is 13.3. The van der Waals surface area contributed by atoms with E-state index in [4.69, 9.17) is 9.15 Å². The van der Waals surface area contributed by atoms with Crippen molar-refractivity contribution >= 4 is 41.4 Å². The summed E-state index contributed by atoms with van der Waals surface area (Å²) in [4.78, 5) is 19.3. The quantitative estimate of drug-likeness (QED) is 0.224. The number of carbonyl (C=O) groups is 1. The van der Waals surface area contributed by atoms with Gasteiger partial charge in [-0.05, 0) is 74.0 Å². The van der Waals surface area contributed by atoms with Gasteiger partial charge < -0.3 is 14.1 Å². The first-order chi connectivity index (χ1) is 19.6. The van der Waals surface area contributed by atoms with Crippen molar-refractivity contribution in [2.45, 2.75) is 20.4 Å². The molecule has 4 aromatic carbocycles. The summed E-state index contributed by atoms with van der Waals surface area (Å²) in [6.07, 6.45) is 1.95. The number of benzene rings is 4. The van der Waals surface area contributed by atoms with Crippen LogP contribution in [0.1, 0.15) is 29.8 Å². The van der Waals surface area contributed by atoms with Gasteiger partial charge in [-0.25, -0.2) is 4.79 Å². The van der Waals surface area contributed by atoms with Crippen LogP contribution >= 0.6 is 0 Å². The van der Waals surface area contributed by atoms with Gasteiger partial charge in [0.15, 0.2) is 5.42 Å². The molecule has 0 atom stereocenters. The van der Waals surface area contributed by atoms with Crippen LogP contribution in [0.3, 0.4) is 0 Å². The zero-order valence-corrected chi connectivity index (χ0v) is 22.7. The van der Waals surface area contributed by atoms with Crippen molar-refractivity contribution in [2.24, 2.45) is 4.99 Å². The molecular formula is C34H31N3O3. The summed E-state index contributed by atoms with van der Waals surface area (Å²) in [5, 5.41) is 0.703. The topological polar surface area (TPSA) is 60.0 Å². The Morgan fingerprint density at radius 3 is 2.02 bits per heavy atom. The molecule has 0 amide bonds. The van der Waals surface area contributed by atoms with Crippen LogP contribution in [0.25, 0.3) is 12.7 Å². The highest BCUT2D eigenvalue weighted by atomic mass is 16.5. The van der Waals surface area contributed by atoms with Crippen molar-refractivity contribution < 1.29 is 13.9 Å². The number of esters is 1. The molecule has 0 bridgehead atoms. The Morgan fingerprint density at radius 1 is 0.850 bits per heavy atom. The average molecular weight is 530 g/mol. The summed E-state index contributed by atoms with van der Waals surface area (Å²) in [5.74, 6) is -0.418. The maximum atomic E-state index is 12.4. The normalized spacial score (nSPS) is 11.9. The molecule has 1 aromatic heterocycles. The van der Waals surface area contributed by atoms with E-state index in [1.54, 1.807) is 25.1 Å². The molecule has 40 heavy (non-hydrogen) atoms. The highest BCUT2D eigenvalue weighted by molar-refractivity contribution is 5.94. The molecule has 1 heterocycles. The molecule has 6 nitrogen and oxygen atoms in total. The number of aromatic nitrogens is 1. The van der Waals surface area contributed by atoms with E-state index in [0.29, 0.717) is 34.2 Å². The standard InChI is InChI=1S/C34H31N3O3/c1-4-36-25(3)32(40-34(36)35-31-19-13-12-18-30(31)33(38)39-5-2)24-26-20-22-29(23-21-26)37(27-14-8-6-9-15-27)28-16-10-7-11-17-28/h6-24H,3-5H2,1-2H3/b32-24+,35-34+. The van der Waals surface area contributed by atoms with Crippen molar-refractivity contribution in [1.29, 1.82) is 0 Å². The molecule has 0 aliphatic rings. The van der Waals surface area contributed by atoms with Crippen LogP contribution in [0.4, 0.5) is 22.7 Å². The van der Waals surface area contributed by atoms with E-state index in [9.17, 15) is 4.79 Å². The van der Waals surface area contributed by atoms with Gasteiger partial charge in [0, 0.05) is 23.6 Å². The summed E-state index contributed by atoms with van der Waals surface area (Å²) in [6.45, 7) is 8.92. The van der Waals surface area contributed by atoms with E-state index in [-0.39, 0.29) is 6.61 Å². The van der Waals surface area contributed by atoms with Crippen LogP contribution in [0.15, 0.2) is 119 Å². The van der Waals surface area contributed by atoms with E-state index in [1.807, 2.05) is 60.0 Å². The maximum absolute atomic E-state index is 12.4. The van der Waals surface area contributed by atoms with E-state index in [1.165, 1.54) is 0 Å². The van der Waals surface area contributed by atoms with Crippen molar-refractivity contribution in [2.75, 3.05) is 11.5 Å². The third-order valence-electron chi connectivity index (χ3n) is 6.45. The molecule has 0 saturated carbocycles. The number of anilines is 3. The van der Waals surface area contributed by atoms with Crippen LogP contribution in [0.2, 0.25) is 0 Å². The molecule has 5 aromatic rings. The molecule has 0 spiro atoms. The second-order valence-electron chi connectivity index (χ2n) is 9.03. The molecule has 0 N–H and O–H groups in total. The Hall–Kier alpha value is -5.10. The fraction of sp³-hybridized carbons (Fsp3) is 0.118. The molecular weight excluding hydrogens is 498 g/mol. The van der Waals surface area contributed by atoms with E-state index < -0.39 is 5.97 Å². The Morgan fingerprint density at radius 2 is 1.43 bits per heavy atom. The van der Waals surface area contributed by atoms with Crippen molar-refractivity contribution in [3.8, 4) is 0 Å². The van der Waals surface area contributed by atoms with Crippen LogP contribution in [-0.4, -0.2) is 17.1 Å². The lowest BCUT2D eigenvalue weighted by molar-refractivity contribution is 0.0527. The molecule has 0 radical (unpaired) electrons. The Bertz CT molecular complexity index is 1730. The summed E-state index contributed by atoms with van der Waals surface area (Å²) in [5.41, 5.74) is 6.00. The predicted molar refractivity (Wildman–Crippen MR) is 159 cm³/mol. The van der Waals surface area contributed by atoms with Gasteiger partial charge in [0.1, 0.15) is 0 Å². The lowest BCUT2D eigenvalue weighted by Gasteiger charge is -2.25. The van der Waals surface area contributed by atoms with Gasteiger partial charge in [-0.2, -0.15) is 4.99 Å². The summed E-state index contributed by atoms with van der Waals surface area (Å²) in [6, 6.07) is 35.9. The monoisotopic (exact) mass is 529 g/mol. The second kappa shape index (κ2) is 12.2. The van der Waals surface area contributed by atoms with Crippen LogP contribution in [-0.2, 0) is 11.3 Å². The second-order valence-corrected chi connectivity index (χ2v) is 9.03. The third-order valence-corrected chi connectivity index (χ3v) is 6.45. The number of oxazole rings is 1. The first-order valence-corrected chi connectivity index (χ1v) is 13.3. The zero-order chi connectivity index (χ0) is 27.9. The first-order valence-electron chi connectivity index (χ1n) is 13.3. The van der Waals surface area contributed by atoms with Gasteiger partial charge in [0.2, 0.25) is 0 Å². The fourth-order valence-corrected chi connectivity index (χ4v) is 4.51. The van der Waals surface area contributed by atoms with Crippen LogP contribution < -0.4 is 21.3 Å². The Labute approximate surface area is 233 Å². The van der Waals surface area contributed by atoms with E-state index in [2.05, 4.69) is 65.0 Å². The Kier molecular flexibility index (Phi) is 8.07. The molecule has 5 rings (SSSR count). The van der Waals surface area contributed by atoms with Crippen molar-refractivity contribution in [3.63, 3.8) is 0 Å². The number of nitrogens with zero attached hydrogens (tertiary/aromatic N) is 3. The maximum Gasteiger partial charge on any atom is 0.340 e. The van der Waals surface area contributed by atoms with Crippen LogP contribution in [0.5, 0.6) is 0 Å². The highest BCUT2D eigenvalue weighted by Gasteiger charge is 2.13. The van der Waals surface area contributed by atoms with Gasteiger partial charge in [0.25, 0.3) is 0 Å². The molecule has 0 aliphatic heterocycles. The first kappa shape index (κ1) is 26.5. The van der Waals surface area contributed by atoms with Gasteiger partial charge in [-0.15, -0.1) is 0 Å². The number of rotatable bonds is 8. The van der Waals surface area contributed by atoms with E-state index >= 15 is 0 Å². The van der Waals surface area contributed by atoms with Gasteiger partial charge in [-0.3, -0.25) is 4.57 Å². The Balaban J connectivity index is 1.53. The van der Waals surface area contributed by atoms with Crippen LogP contribution in [0, 0.1) is 0 Å². The van der Waals surface area contributed by atoms with E-state index in [0.717, 1.165) is 22.6 Å². The van der Waals surface area contributed by atoms with Crippen molar-refractivity contribution in [1.82, 2.24) is 4.57 Å². The lowest BCUT2D eigenvalue weighted by Crippen LogP contribution is -2.30. The molecule has 0 unspecified atom stereocenters. The number of hydrogen-bond donors (Lipinski definition) is 0. The van der Waals surface area contributed by atoms with Crippen molar-refractivity contribution in [3.05, 3.63) is 137 Å². The zero-order valence-electron chi connectivity index (χ0n) is 22.7. The minimum Gasteiger partial charge on any atom is -0.462 e. The number of hydrogen-bond acceptors (Lipinski definition) is 5. The molecule has 0 aliphatic carbocycles. The minimum atomic E-state index is -0.418. The molecule has 0 fully saturated rings. The van der Waals surface area contributed by atoms with Gasteiger partial charge in [-0.1, -0.05) is 67.2 Å². The highest BCUT2D eigenvalue weighted by Crippen LogP contribution is 2.34. The number of ether oxygens (including phenoxy) is 1. The van der Waals surface area contributed by atoms with Gasteiger partial charge >= 0.3 is 11.7 Å². The lowest BCUT2D eigenvalue weighted by atomic mass is 10.1. The molecule has 200 valence electrons. The fourth-order valence-electron chi connectivity index (χ4n) is 4.51. The predicted octanol–water partition coefficient (Wildman–Crippen LogP) is 6.22. The molecule has 0 saturated heterocycles. The SMILES string of the molecule is C=c1/c(=C\c2ccc(N(c3ccccc3)c3ccccc3)cc2)o/c(=N/c2ccccc2C(=O)OCC)n1CC. The third kappa shape index (κ3) is 5.66. The molecule has 6 heteroatoms. The average Bonchev–Trinajstić information content (AvgIpc) is 3.28. The van der Waals surface area contributed by atoms with Gasteiger partial charge in [0.05, 0.1) is 23.2 Å². The smallest absolute Gasteiger partial charge is 0.340 e. The number of para-hydroxylation sites is 3. The summed E-state index contributed by atoms with van der Waals surface area (Å²) in [7, 11) is 0. The minimum absolute atomic E-state index is 0.290.